The highest BCUT2D eigenvalue weighted by molar-refractivity contribution is 5.62. The number of nitrogens with zero attached hydrogens (tertiary/aromatic N) is 2. The molecule has 3 heteroatoms. The normalized spacial score (nSPS) is 16.5. The van der Waals surface area contributed by atoms with Crippen molar-refractivity contribution in [2.45, 2.75) is 6.10 Å². The maximum atomic E-state index is 8.84. The molecule has 3 nitrogen and oxygen atoms in total. The van der Waals surface area contributed by atoms with Gasteiger partial charge in [0, 0.05) is 11.8 Å². The molecule has 0 spiro atoms. The Balaban J connectivity index is 1.94. The number of aromatic nitrogens is 1. The van der Waals surface area contributed by atoms with E-state index < -0.39 is 0 Å². The molecule has 0 saturated carbocycles. The van der Waals surface area contributed by atoms with Crippen LogP contribution >= 0.6 is 0 Å². The van der Waals surface area contributed by atoms with E-state index in [0.717, 1.165) is 17.0 Å². The second-order valence-electron chi connectivity index (χ2n) is 4.02. The molecule has 1 aromatic heterocycles. The quantitative estimate of drug-likeness (QED) is 0.761. The molecule has 18 heavy (non-hydrogen) atoms. The van der Waals surface area contributed by atoms with E-state index in [0.29, 0.717) is 5.56 Å². The fraction of sp³-hybridized carbons (Fsp3) is 0.0667. The Bertz CT molecular complexity index is 641. The average Bonchev–Trinajstić information content (AvgIpc) is 2.47. The SMILES string of the molecule is N#Cc1ccc2c(c1)C=CC(c1ccccn1)O2. The summed E-state index contributed by atoms with van der Waals surface area (Å²) in [6.07, 6.45) is 5.51. The van der Waals surface area contributed by atoms with Gasteiger partial charge in [-0.3, -0.25) is 4.98 Å². The summed E-state index contributed by atoms with van der Waals surface area (Å²) in [7, 11) is 0. The van der Waals surface area contributed by atoms with Crippen LogP contribution in [-0.2, 0) is 0 Å². The van der Waals surface area contributed by atoms with Crippen molar-refractivity contribution in [2.75, 3.05) is 0 Å². The first-order chi connectivity index (χ1) is 8.86. The van der Waals surface area contributed by atoms with Gasteiger partial charge in [0.25, 0.3) is 0 Å². The number of hydrogen-bond donors (Lipinski definition) is 0. The van der Waals surface area contributed by atoms with Crippen molar-refractivity contribution >= 4 is 6.08 Å². The molecular formula is C15H10N2O. The van der Waals surface area contributed by atoms with Crippen LogP contribution in [0.15, 0.2) is 48.7 Å². The Hall–Kier alpha value is -2.60. The van der Waals surface area contributed by atoms with Gasteiger partial charge in [-0.05, 0) is 36.4 Å². The topological polar surface area (TPSA) is 45.9 Å². The number of nitriles is 1. The molecule has 2 heterocycles. The van der Waals surface area contributed by atoms with Crippen LogP contribution in [0.3, 0.4) is 0 Å². The molecular weight excluding hydrogens is 224 g/mol. The van der Waals surface area contributed by atoms with Crippen LogP contribution in [0.2, 0.25) is 0 Å². The minimum atomic E-state index is -0.161. The average molecular weight is 234 g/mol. The van der Waals surface area contributed by atoms with Gasteiger partial charge in [-0.15, -0.1) is 0 Å². The highest BCUT2D eigenvalue weighted by Gasteiger charge is 2.17. The van der Waals surface area contributed by atoms with E-state index >= 15 is 0 Å². The van der Waals surface area contributed by atoms with Gasteiger partial charge < -0.3 is 4.74 Å². The van der Waals surface area contributed by atoms with Crippen LogP contribution < -0.4 is 4.74 Å². The summed E-state index contributed by atoms with van der Waals surface area (Å²) in [5.74, 6) is 0.784. The third-order valence-corrected chi connectivity index (χ3v) is 2.82. The first-order valence-corrected chi connectivity index (χ1v) is 5.67. The summed E-state index contributed by atoms with van der Waals surface area (Å²) < 4.78 is 5.86. The van der Waals surface area contributed by atoms with Gasteiger partial charge in [0.2, 0.25) is 0 Å². The summed E-state index contributed by atoms with van der Waals surface area (Å²) in [6, 6.07) is 13.3. The lowest BCUT2D eigenvalue weighted by Crippen LogP contribution is -2.10. The lowest BCUT2D eigenvalue weighted by atomic mass is 10.1. The molecule has 86 valence electrons. The lowest BCUT2D eigenvalue weighted by Gasteiger charge is -2.21. The highest BCUT2D eigenvalue weighted by atomic mass is 16.5. The minimum Gasteiger partial charge on any atom is -0.479 e. The van der Waals surface area contributed by atoms with Crippen LogP contribution in [0.1, 0.15) is 22.9 Å². The number of benzene rings is 1. The molecule has 0 amide bonds. The van der Waals surface area contributed by atoms with Crippen LogP contribution in [0.5, 0.6) is 5.75 Å². The third kappa shape index (κ3) is 1.85. The minimum absolute atomic E-state index is 0.161. The molecule has 1 unspecified atom stereocenters. The zero-order valence-corrected chi connectivity index (χ0v) is 9.58. The largest absolute Gasteiger partial charge is 0.479 e. The van der Waals surface area contributed by atoms with E-state index in [1.807, 2.05) is 42.5 Å². The Morgan fingerprint density at radius 3 is 2.94 bits per heavy atom. The van der Waals surface area contributed by atoms with Gasteiger partial charge in [-0.1, -0.05) is 12.1 Å². The van der Waals surface area contributed by atoms with Gasteiger partial charge in [0.1, 0.15) is 5.75 Å². The molecule has 1 aliphatic rings. The van der Waals surface area contributed by atoms with Crippen molar-refractivity contribution in [2.24, 2.45) is 0 Å². The van der Waals surface area contributed by atoms with Gasteiger partial charge in [0.15, 0.2) is 6.10 Å². The lowest BCUT2D eigenvalue weighted by molar-refractivity contribution is 0.247. The molecule has 0 saturated heterocycles. The Labute approximate surface area is 105 Å². The van der Waals surface area contributed by atoms with E-state index in [1.54, 1.807) is 12.3 Å². The van der Waals surface area contributed by atoms with Crippen molar-refractivity contribution < 1.29 is 4.74 Å². The molecule has 3 rings (SSSR count). The number of pyridine rings is 1. The summed E-state index contributed by atoms with van der Waals surface area (Å²) in [5, 5.41) is 8.84. The van der Waals surface area contributed by atoms with E-state index in [4.69, 9.17) is 10.00 Å². The molecule has 0 fully saturated rings. The van der Waals surface area contributed by atoms with Crippen molar-refractivity contribution in [3.63, 3.8) is 0 Å². The van der Waals surface area contributed by atoms with Crippen LogP contribution in [0.4, 0.5) is 0 Å². The van der Waals surface area contributed by atoms with Gasteiger partial charge in [0.05, 0.1) is 17.3 Å². The maximum absolute atomic E-state index is 8.84. The second kappa shape index (κ2) is 4.34. The Kier molecular flexibility index (Phi) is 2.54. The molecule has 0 radical (unpaired) electrons. The Morgan fingerprint density at radius 2 is 2.17 bits per heavy atom. The summed E-state index contributed by atoms with van der Waals surface area (Å²) >= 11 is 0. The van der Waals surface area contributed by atoms with Gasteiger partial charge in [-0.2, -0.15) is 5.26 Å². The van der Waals surface area contributed by atoms with Gasteiger partial charge >= 0.3 is 0 Å². The molecule has 0 N–H and O–H groups in total. The molecule has 0 aliphatic carbocycles. The van der Waals surface area contributed by atoms with Crippen molar-refractivity contribution in [3.8, 4) is 11.8 Å². The van der Waals surface area contributed by atoms with Crippen LogP contribution in [-0.4, -0.2) is 4.98 Å². The predicted octanol–water partition coefficient (Wildman–Crippen LogP) is 3.10. The number of rotatable bonds is 1. The van der Waals surface area contributed by atoms with E-state index in [-0.39, 0.29) is 6.10 Å². The number of fused-ring (bicyclic) bond motifs is 1. The van der Waals surface area contributed by atoms with Crippen molar-refractivity contribution in [1.29, 1.82) is 5.26 Å². The zero-order valence-electron chi connectivity index (χ0n) is 9.58. The van der Waals surface area contributed by atoms with Crippen LogP contribution in [0, 0.1) is 11.3 Å². The summed E-state index contributed by atoms with van der Waals surface area (Å²) in [6.45, 7) is 0. The standard InChI is InChI=1S/C15H10N2O/c16-10-11-4-6-14-12(9-11)5-7-15(18-14)13-3-1-2-8-17-13/h1-9,15H. The Morgan fingerprint density at radius 1 is 1.22 bits per heavy atom. The monoisotopic (exact) mass is 234 g/mol. The zero-order chi connectivity index (χ0) is 12.4. The fourth-order valence-corrected chi connectivity index (χ4v) is 1.93. The smallest absolute Gasteiger partial charge is 0.159 e. The molecule has 2 aromatic rings. The maximum Gasteiger partial charge on any atom is 0.159 e. The molecule has 1 atom stereocenters. The van der Waals surface area contributed by atoms with Gasteiger partial charge in [-0.25, -0.2) is 0 Å². The summed E-state index contributed by atoms with van der Waals surface area (Å²) in [4.78, 5) is 4.28. The molecule has 1 aliphatic heterocycles. The second-order valence-corrected chi connectivity index (χ2v) is 4.02. The highest BCUT2D eigenvalue weighted by Crippen LogP contribution is 2.32. The predicted molar refractivity (Wildman–Crippen MR) is 67.8 cm³/mol. The van der Waals surface area contributed by atoms with E-state index in [9.17, 15) is 0 Å². The van der Waals surface area contributed by atoms with E-state index in [1.165, 1.54) is 0 Å². The van der Waals surface area contributed by atoms with E-state index in [2.05, 4.69) is 11.1 Å². The molecule has 1 aromatic carbocycles. The number of hydrogen-bond acceptors (Lipinski definition) is 3. The first kappa shape index (κ1) is 10.5. The molecule has 0 bridgehead atoms. The van der Waals surface area contributed by atoms with Crippen LogP contribution in [0.25, 0.3) is 6.08 Å². The first-order valence-electron chi connectivity index (χ1n) is 5.67. The number of ether oxygens (including phenoxy) is 1. The fourth-order valence-electron chi connectivity index (χ4n) is 1.93. The third-order valence-electron chi connectivity index (χ3n) is 2.82. The van der Waals surface area contributed by atoms with Crippen molar-refractivity contribution in [3.05, 3.63) is 65.5 Å². The summed E-state index contributed by atoms with van der Waals surface area (Å²) in [5.41, 5.74) is 2.45. The van der Waals surface area contributed by atoms with Crippen molar-refractivity contribution in [1.82, 2.24) is 4.98 Å².